The summed E-state index contributed by atoms with van der Waals surface area (Å²) >= 11 is 6.54. The zero-order valence-electron chi connectivity index (χ0n) is 20.6. The fourth-order valence-corrected chi connectivity index (χ4v) is 5.88. The Kier molecular flexibility index (Phi) is 7.36. The van der Waals surface area contributed by atoms with Crippen LogP contribution in [0.3, 0.4) is 0 Å². The number of amides is 1. The molecule has 7 heteroatoms. The van der Waals surface area contributed by atoms with Crippen LogP contribution in [-0.2, 0) is 13.0 Å². The quantitative estimate of drug-likeness (QED) is 0.572. The fraction of sp³-hybridized carbons (Fsp3) is 0.593. The summed E-state index contributed by atoms with van der Waals surface area (Å²) in [7, 11) is 1.71. The van der Waals surface area contributed by atoms with Gasteiger partial charge in [-0.05, 0) is 44.4 Å². The van der Waals surface area contributed by atoms with E-state index in [2.05, 4.69) is 30.1 Å². The molecule has 34 heavy (non-hydrogen) atoms. The number of likely N-dealkylation sites (N-methyl/N-ethyl adjacent to an activating group) is 1. The second kappa shape index (κ2) is 10.1. The van der Waals surface area contributed by atoms with Gasteiger partial charge in [0, 0.05) is 37.5 Å². The number of hydrogen-bond donors (Lipinski definition) is 1. The first-order valence-corrected chi connectivity index (χ1v) is 13.0. The van der Waals surface area contributed by atoms with Gasteiger partial charge in [0.1, 0.15) is 5.82 Å². The van der Waals surface area contributed by atoms with Crippen molar-refractivity contribution in [1.82, 2.24) is 14.5 Å². The van der Waals surface area contributed by atoms with E-state index in [1.54, 1.807) is 16.5 Å². The summed E-state index contributed by atoms with van der Waals surface area (Å²) in [4.78, 5) is 31.5. The lowest BCUT2D eigenvalue weighted by atomic mass is 9.65. The van der Waals surface area contributed by atoms with Crippen molar-refractivity contribution >= 4 is 17.5 Å². The van der Waals surface area contributed by atoms with Crippen LogP contribution >= 0.6 is 11.6 Å². The minimum Gasteiger partial charge on any atom is -0.501 e. The molecule has 0 spiro atoms. The number of fused-ring (bicyclic) bond motifs is 1. The highest BCUT2D eigenvalue weighted by Gasteiger charge is 2.39. The van der Waals surface area contributed by atoms with Gasteiger partial charge in [0.05, 0.1) is 0 Å². The molecular weight excluding hydrogens is 450 g/mol. The van der Waals surface area contributed by atoms with Gasteiger partial charge in [0.15, 0.2) is 5.69 Å². The molecule has 184 valence electrons. The van der Waals surface area contributed by atoms with E-state index in [4.69, 9.17) is 11.6 Å². The van der Waals surface area contributed by atoms with Crippen LogP contribution in [0, 0.1) is 5.41 Å². The summed E-state index contributed by atoms with van der Waals surface area (Å²) in [5, 5.41) is 11.3. The standard InChI is InChI=1S/C27H36ClN3O3/c1-4-19-8-10-20(11-13-21(28)12-9-19)27(14-6-5-7-15-27)16-22-29-25(33)24(32)23-26(34)30(3)18(2)17-31(22)23/h8,11-12,18,32H,4-7,9-10,13-17H2,1-3H3/b19-8-,20-11+,21-12+. The third-order valence-corrected chi connectivity index (χ3v) is 8.36. The van der Waals surface area contributed by atoms with Crippen molar-refractivity contribution in [1.29, 1.82) is 0 Å². The molecule has 0 radical (unpaired) electrons. The number of hydrogen-bond acceptors (Lipinski definition) is 4. The van der Waals surface area contributed by atoms with Crippen molar-refractivity contribution in [3.8, 4) is 5.75 Å². The van der Waals surface area contributed by atoms with E-state index >= 15 is 0 Å². The lowest BCUT2D eigenvalue weighted by molar-refractivity contribution is 0.0659. The zero-order valence-corrected chi connectivity index (χ0v) is 21.3. The molecule has 1 aromatic rings. The Morgan fingerprint density at radius 3 is 2.56 bits per heavy atom. The monoisotopic (exact) mass is 485 g/mol. The highest BCUT2D eigenvalue weighted by molar-refractivity contribution is 6.29. The first-order chi connectivity index (χ1) is 16.3. The third kappa shape index (κ3) is 4.74. The van der Waals surface area contributed by atoms with Crippen molar-refractivity contribution in [2.45, 2.75) is 90.6 Å². The molecule has 0 bridgehead atoms. The molecule has 4 rings (SSSR count). The summed E-state index contributed by atoms with van der Waals surface area (Å²) in [5.41, 5.74) is 1.96. The molecule has 1 N–H and O–H groups in total. The molecule has 1 amide bonds. The number of halogens is 1. The van der Waals surface area contributed by atoms with E-state index in [9.17, 15) is 14.7 Å². The second-order valence-electron chi connectivity index (χ2n) is 10.1. The second-order valence-corrected chi connectivity index (χ2v) is 10.6. The molecule has 1 saturated carbocycles. The Hall–Kier alpha value is -2.34. The Morgan fingerprint density at radius 1 is 1.12 bits per heavy atom. The van der Waals surface area contributed by atoms with Crippen molar-refractivity contribution in [2.24, 2.45) is 5.41 Å². The van der Waals surface area contributed by atoms with Gasteiger partial charge in [-0.3, -0.25) is 9.59 Å². The molecule has 2 aliphatic carbocycles. The molecule has 1 atom stereocenters. The summed E-state index contributed by atoms with van der Waals surface area (Å²) < 4.78 is 1.80. The number of carbonyl (C=O) groups is 1. The normalized spacial score (nSPS) is 27.8. The Bertz CT molecular complexity index is 1110. The summed E-state index contributed by atoms with van der Waals surface area (Å²) in [5.74, 6) is -0.266. The largest absolute Gasteiger partial charge is 0.501 e. The Balaban J connectivity index is 1.81. The van der Waals surface area contributed by atoms with E-state index in [0.717, 1.165) is 50.0 Å². The third-order valence-electron chi connectivity index (χ3n) is 8.05. The van der Waals surface area contributed by atoms with Gasteiger partial charge >= 0.3 is 5.56 Å². The first-order valence-electron chi connectivity index (χ1n) is 12.6. The fourth-order valence-electron chi connectivity index (χ4n) is 5.72. The summed E-state index contributed by atoms with van der Waals surface area (Å²) in [6.45, 7) is 4.67. The molecule has 0 saturated heterocycles. The number of aromatic nitrogens is 2. The number of nitrogens with zero attached hydrogens (tertiary/aromatic N) is 3. The SMILES string of the molecule is CC/C1=C/C/C(C2(Cc3nc(=O)c(O)c4n3CC(C)N(C)C4=O)CCCCC2)=C\C/C(Cl)=C\C1. The maximum atomic E-state index is 13.0. The molecule has 3 aliphatic rings. The van der Waals surface area contributed by atoms with E-state index in [1.807, 2.05) is 6.92 Å². The van der Waals surface area contributed by atoms with Crippen LogP contribution in [0.2, 0.25) is 0 Å². The predicted molar refractivity (Wildman–Crippen MR) is 135 cm³/mol. The van der Waals surface area contributed by atoms with Crippen molar-refractivity contribution in [3.05, 3.63) is 56.3 Å². The van der Waals surface area contributed by atoms with Crippen LogP contribution < -0.4 is 5.56 Å². The molecular formula is C27H36ClN3O3. The van der Waals surface area contributed by atoms with Crippen LogP contribution in [0.4, 0.5) is 0 Å². The van der Waals surface area contributed by atoms with Gasteiger partial charge in [-0.25, -0.2) is 0 Å². The minimum absolute atomic E-state index is 0.0483. The zero-order chi connectivity index (χ0) is 24.5. The van der Waals surface area contributed by atoms with E-state index in [-0.39, 0.29) is 23.1 Å². The highest BCUT2D eigenvalue weighted by Crippen LogP contribution is 2.47. The van der Waals surface area contributed by atoms with Gasteiger partial charge in [-0.2, -0.15) is 4.98 Å². The molecule has 1 fully saturated rings. The maximum Gasteiger partial charge on any atom is 0.315 e. The van der Waals surface area contributed by atoms with Crippen LogP contribution in [0.25, 0.3) is 0 Å². The smallest absolute Gasteiger partial charge is 0.315 e. The van der Waals surface area contributed by atoms with Gasteiger partial charge < -0.3 is 14.6 Å². The van der Waals surface area contributed by atoms with Crippen molar-refractivity contribution < 1.29 is 9.90 Å². The number of allylic oxidation sites excluding steroid dienone is 6. The first kappa shape index (κ1) is 24.8. The summed E-state index contributed by atoms with van der Waals surface area (Å²) in [6, 6.07) is -0.0483. The van der Waals surface area contributed by atoms with Gasteiger partial charge in [-0.1, -0.05) is 67.2 Å². The molecule has 1 aromatic heterocycles. The van der Waals surface area contributed by atoms with E-state index < -0.39 is 11.3 Å². The topological polar surface area (TPSA) is 75.4 Å². The van der Waals surface area contributed by atoms with Crippen LogP contribution in [-0.4, -0.2) is 38.6 Å². The van der Waals surface area contributed by atoms with Crippen LogP contribution in [0.15, 0.2) is 39.2 Å². The van der Waals surface area contributed by atoms with Crippen molar-refractivity contribution in [3.63, 3.8) is 0 Å². The average Bonchev–Trinajstić information content (AvgIpc) is 2.92. The van der Waals surface area contributed by atoms with Gasteiger partial charge in [-0.15, -0.1) is 0 Å². The van der Waals surface area contributed by atoms with Gasteiger partial charge in [0.2, 0.25) is 5.75 Å². The number of carbonyl (C=O) groups excluding carboxylic acids is 1. The van der Waals surface area contributed by atoms with Crippen LogP contribution in [0.5, 0.6) is 5.75 Å². The number of aromatic hydroxyl groups is 1. The molecule has 0 aromatic carbocycles. The summed E-state index contributed by atoms with van der Waals surface area (Å²) in [6.07, 6.45) is 16.3. The highest BCUT2D eigenvalue weighted by atomic mass is 35.5. The molecule has 1 unspecified atom stereocenters. The maximum absolute atomic E-state index is 13.0. The Morgan fingerprint density at radius 2 is 1.85 bits per heavy atom. The predicted octanol–water partition coefficient (Wildman–Crippen LogP) is 5.49. The lowest BCUT2D eigenvalue weighted by Gasteiger charge is -2.41. The van der Waals surface area contributed by atoms with Gasteiger partial charge in [0.25, 0.3) is 5.91 Å². The molecule has 6 nitrogen and oxygen atoms in total. The average molecular weight is 486 g/mol. The molecule has 1 aliphatic heterocycles. The van der Waals surface area contributed by atoms with E-state index in [1.165, 1.54) is 17.6 Å². The van der Waals surface area contributed by atoms with Crippen molar-refractivity contribution in [2.75, 3.05) is 7.05 Å². The lowest BCUT2D eigenvalue weighted by Crippen LogP contribution is -2.47. The number of rotatable bonds is 4. The molecule has 2 heterocycles. The van der Waals surface area contributed by atoms with Crippen LogP contribution in [0.1, 0.15) is 87.9 Å². The van der Waals surface area contributed by atoms with E-state index in [0.29, 0.717) is 25.2 Å². The minimum atomic E-state index is -0.717. The Labute approximate surface area is 207 Å².